The molecule has 2 rings (SSSR count). The van der Waals surface area contributed by atoms with E-state index in [-0.39, 0.29) is 11.9 Å². The molecule has 0 bridgehead atoms. The Morgan fingerprint density at radius 3 is 2.85 bits per heavy atom. The molecule has 1 heterocycles. The Morgan fingerprint density at radius 1 is 1.50 bits per heavy atom. The van der Waals surface area contributed by atoms with Crippen LogP contribution in [0.15, 0.2) is 0 Å². The lowest BCUT2D eigenvalue weighted by atomic mass is 9.98. The zero-order valence-electron chi connectivity index (χ0n) is 12.4. The molecule has 2 atom stereocenters. The highest BCUT2D eigenvalue weighted by atomic mass is 32.1. The third-order valence-electron chi connectivity index (χ3n) is 3.93. The molecule has 4 N–H and O–H groups in total. The van der Waals surface area contributed by atoms with Gasteiger partial charge in [0.25, 0.3) is 5.91 Å². The van der Waals surface area contributed by atoms with Crippen LogP contribution in [0, 0.1) is 11.8 Å². The Morgan fingerprint density at radius 2 is 2.25 bits per heavy atom. The third kappa shape index (κ3) is 3.42. The van der Waals surface area contributed by atoms with E-state index in [1.165, 1.54) is 30.8 Å². The number of amides is 1. The number of anilines is 2. The molecule has 1 aromatic heterocycles. The largest absolute Gasteiger partial charge is 0.382 e. The van der Waals surface area contributed by atoms with Gasteiger partial charge in [0.1, 0.15) is 10.6 Å². The van der Waals surface area contributed by atoms with Gasteiger partial charge in [-0.1, -0.05) is 19.8 Å². The van der Waals surface area contributed by atoms with E-state index >= 15 is 0 Å². The van der Waals surface area contributed by atoms with Crippen molar-refractivity contribution in [3.63, 3.8) is 0 Å². The molecule has 0 spiro atoms. The van der Waals surface area contributed by atoms with Crippen LogP contribution < -0.4 is 16.4 Å². The van der Waals surface area contributed by atoms with Gasteiger partial charge >= 0.3 is 0 Å². The average molecular weight is 296 g/mol. The molecule has 1 aromatic rings. The van der Waals surface area contributed by atoms with E-state index in [0.717, 1.165) is 17.5 Å². The van der Waals surface area contributed by atoms with Crippen molar-refractivity contribution in [3.8, 4) is 0 Å². The highest BCUT2D eigenvalue weighted by molar-refractivity contribution is 7.11. The first-order valence-electron chi connectivity index (χ1n) is 7.29. The number of nitrogens with zero attached hydrogens (tertiary/aromatic N) is 1. The fourth-order valence-electron chi connectivity index (χ4n) is 2.73. The second-order valence-corrected chi connectivity index (χ2v) is 6.72. The molecular formula is C14H24N4OS. The van der Waals surface area contributed by atoms with Crippen molar-refractivity contribution in [2.45, 2.75) is 46.1 Å². The lowest BCUT2D eigenvalue weighted by molar-refractivity contribution is 0.0945. The molecule has 2 unspecified atom stereocenters. The van der Waals surface area contributed by atoms with E-state index in [2.05, 4.69) is 21.9 Å². The van der Waals surface area contributed by atoms with Crippen molar-refractivity contribution in [1.82, 2.24) is 9.69 Å². The third-order valence-corrected chi connectivity index (χ3v) is 4.75. The van der Waals surface area contributed by atoms with Crippen LogP contribution in [0.25, 0.3) is 0 Å². The van der Waals surface area contributed by atoms with Crippen molar-refractivity contribution in [2.75, 3.05) is 17.6 Å². The number of rotatable bonds is 5. The minimum absolute atomic E-state index is 0.0875. The second-order valence-electron chi connectivity index (χ2n) is 5.95. The molecular weight excluding hydrogens is 272 g/mol. The van der Waals surface area contributed by atoms with Crippen molar-refractivity contribution in [1.29, 1.82) is 0 Å². The maximum absolute atomic E-state index is 12.2. The summed E-state index contributed by atoms with van der Waals surface area (Å²) in [5.41, 5.74) is 6.32. The standard InChI is InChI=1S/C14H24N4OS/c1-8(2)17-13(19)11-12(15)18-20-14(11)16-7-10-6-4-5-9(10)3/h8-10,16H,4-7H2,1-3H3,(H2,15,18)(H,17,19). The number of nitrogens with one attached hydrogen (secondary N) is 2. The topological polar surface area (TPSA) is 80.0 Å². The normalized spacial score (nSPS) is 22.2. The van der Waals surface area contributed by atoms with E-state index in [0.29, 0.717) is 17.3 Å². The molecule has 5 nitrogen and oxygen atoms in total. The van der Waals surface area contributed by atoms with Crippen LogP contribution >= 0.6 is 11.5 Å². The van der Waals surface area contributed by atoms with Gasteiger partial charge in [0, 0.05) is 12.6 Å². The summed E-state index contributed by atoms with van der Waals surface area (Å²) >= 11 is 1.27. The Kier molecular flexibility index (Phi) is 4.86. The smallest absolute Gasteiger partial charge is 0.258 e. The predicted octanol–water partition coefficient (Wildman–Crippen LogP) is 2.71. The number of aromatic nitrogens is 1. The molecule has 20 heavy (non-hydrogen) atoms. The minimum atomic E-state index is -0.145. The molecule has 0 radical (unpaired) electrons. The summed E-state index contributed by atoms with van der Waals surface area (Å²) in [6.45, 7) is 7.06. The van der Waals surface area contributed by atoms with Crippen molar-refractivity contribution in [3.05, 3.63) is 5.56 Å². The van der Waals surface area contributed by atoms with Gasteiger partial charge in [-0.05, 0) is 43.6 Å². The number of carbonyl (C=O) groups is 1. The number of nitrogens with two attached hydrogens (primary N) is 1. The number of nitrogen functional groups attached to an aromatic ring is 1. The molecule has 1 aliphatic rings. The van der Waals surface area contributed by atoms with Crippen LogP contribution in [0.3, 0.4) is 0 Å². The summed E-state index contributed by atoms with van der Waals surface area (Å²) in [4.78, 5) is 12.2. The van der Waals surface area contributed by atoms with E-state index < -0.39 is 0 Å². The molecule has 0 aromatic carbocycles. The molecule has 1 fully saturated rings. The van der Waals surface area contributed by atoms with Gasteiger partial charge in [0.2, 0.25) is 0 Å². The lowest BCUT2D eigenvalue weighted by Gasteiger charge is -2.16. The molecule has 1 amide bonds. The predicted molar refractivity (Wildman–Crippen MR) is 84.1 cm³/mol. The first kappa shape index (κ1) is 15.1. The van der Waals surface area contributed by atoms with Gasteiger partial charge in [0.15, 0.2) is 5.82 Å². The van der Waals surface area contributed by atoms with Crippen molar-refractivity contribution in [2.24, 2.45) is 11.8 Å². The number of hydrogen-bond acceptors (Lipinski definition) is 5. The zero-order chi connectivity index (χ0) is 14.7. The van der Waals surface area contributed by atoms with Crippen LogP contribution in [0.5, 0.6) is 0 Å². The van der Waals surface area contributed by atoms with Gasteiger partial charge in [0.05, 0.1) is 0 Å². The van der Waals surface area contributed by atoms with Gasteiger partial charge in [-0.2, -0.15) is 4.37 Å². The molecule has 112 valence electrons. The minimum Gasteiger partial charge on any atom is -0.382 e. The Hall–Kier alpha value is -1.30. The first-order valence-corrected chi connectivity index (χ1v) is 8.06. The fraction of sp³-hybridized carbons (Fsp3) is 0.714. The van der Waals surface area contributed by atoms with Gasteiger partial charge < -0.3 is 16.4 Å². The Balaban J connectivity index is 2.03. The fourth-order valence-corrected chi connectivity index (χ4v) is 3.44. The van der Waals surface area contributed by atoms with Gasteiger partial charge in [-0.25, -0.2) is 0 Å². The van der Waals surface area contributed by atoms with E-state index in [4.69, 9.17) is 5.73 Å². The maximum atomic E-state index is 12.2. The zero-order valence-corrected chi connectivity index (χ0v) is 13.2. The van der Waals surface area contributed by atoms with E-state index in [1.54, 1.807) is 0 Å². The molecule has 6 heteroatoms. The SMILES string of the molecule is CC(C)NC(=O)c1c(N)nsc1NCC1CCCC1C. The summed E-state index contributed by atoms with van der Waals surface area (Å²) < 4.78 is 4.11. The van der Waals surface area contributed by atoms with Gasteiger partial charge in [-0.15, -0.1) is 0 Å². The van der Waals surface area contributed by atoms with Crippen molar-refractivity contribution < 1.29 is 4.79 Å². The van der Waals surface area contributed by atoms with Crippen LogP contribution in [0.4, 0.5) is 10.8 Å². The highest BCUT2D eigenvalue weighted by Crippen LogP contribution is 2.33. The first-order chi connectivity index (χ1) is 9.49. The summed E-state index contributed by atoms with van der Waals surface area (Å²) in [6, 6.07) is 0.0875. The van der Waals surface area contributed by atoms with E-state index in [1.807, 2.05) is 13.8 Å². The van der Waals surface area contributed by atoms with Crippen LogP contribution in [-0.4, -0.2) is 22.9 Å². The number of carbonyl (C=O) groups excluding carboxylic acids is 1. The summed E-state index contributed by atoms with van der Waals surface area (Å²) in [5.74, 6) is 1.60. The Labute approximate surface area is 124 Å². The highest BCUT2D eigenvalue weighted by Gasteiger charge is 2.25. The summed E-state index contributed by atoms with van der Waals surface area (Å²) in [6.07, 6.45) is 3.87. The van der Waals surface area contributed by atoms with Crippen molar-refractivity contribution >= 4 is 28.3 Å². The van der Waals surface area contributed by atoms with Gasteiger partial charge in [-0.3, -0.25) is 4.79 Å². The van der Waals surface area contributed by atoms with Crippen LogP contribution in [0.1, 0.15) is 50.4 Å². The summed E-state index contributed by atoms with van der Waals surface area (Å²) in [7, 11) is 0. The second kappa shape index (κ2) is 6.43. The Bertz CT molecular complexity index is 472. The summed E-state index contributed by atoms with van der Waals surface area (Å²) in [5, 5.41) is 7.04. The maximum Gasteiger partial charge on any atom is 0.258 e. The van der Waals surface area contributed by atoms with E-state index in [9.17, 15) is 4.79 Å². The molecule has 0 aliphatic heterocycles. The average Bonchev–Trinajstić information content (AvgIpc) is 2.92. The van der Waals surface area contributed by atoms with Crippen LogP contribution in [-0.2, 0) is 0 Å². The number of hydrogen-bond donors (Lipinski definition) is 3. The quantitative estimate of drug-likeness (QED) is 0.780. The molecule has 1 aliphatic carbocycles. The molecule has 0 saturated heterocycles. The van der Waals surface area contributed by atoms with Crippen LogP contribution in [0.2, 0.25) is 0 Å². The lowest BCUT2D eigenvalue weighted by Crippen LogP contribution is -2.31. The molecule has 1 saturated carbocycles. The monoisotopic (exact) mass is 296 g/mol.